The summed E-state index contributed by atoms with van der Waals surface area (Å²) in [5, 5.41) is 2.90. The van der Waals surface area contributed by atoms with E-state index in [2.05, 4.69) is 15.3 Å². The van der Waals surface area contributed by atoms with Gasteiger partial charge in [0.15, 0.2) is 0 Å². The summed E-state index contributed by atoms with van der Waals surface area (Å²) in [5.74, 6) is 1.27. The number of hydrogen-bond acceptors (Lipinski definition) is 4. The average Bonchev–Trinajstić information content (AvgIpc) is 2.97. The molecule has 0 bridgehead atoms. The van der Waals surface area contributed by atoms with Crippen molar-refractivity contribution in [2.75, 3.05) is 6.54 Å². The second-order valence-electron chi connectivity index (χ2n) is 5.58. The lowest BCUT2D eigenvalue weighted by Gasteiger charge is -2.06. The lowest BCUT2D eigenvalue weighted by molar-refractivity contribution is 0.0953. The molecule has 5 heteroatoms. The van der Waals surface area contributed by atoms with Gasteiger partial charge >= 0.3 is 0 Å². The molecule has 3 rings (SSSR count). The highest BCUT2D eigenvalue weighted by Crippen LogP contribution is 2.21. The summed E-state index contributed by atoms with van der Waals surface area (Å²) in [6, 6.07) is 11.6. The summed E-state index contributed by atoms with van der Waals surface area (Å²) in [7, 11) is 0. The molecule has 1 aromatic carbocycles. The minimum absolute atomic E-state index is 0.120. The zero-order chi connectivity index (χ0) is 16.9. The zero-order valence-electron chi connectivity index (χ0n) is 13.7. The van der Waals surface area contributed by atoms with Gasteiger partial charge in [-0.15, -0.1) is 0 Å². The van der Waals surface area contributed by atoms with Crippen LogP contribution in [0.15, 0.2) is 53.2 Å². The Kier molecular flexibility index (Phi) is 4.70. The molecular formula is C19H19N3O2. The van der Waals surface area contributed by atoms with Gasteiger partial charge in [0.1, 0.15) is 5.76 Å². The predicted molar refractivity (Wildman–Crippen MR) is 91.7 cm³/mol. The molecule has 3 aromatic rings. The fourth-order valence-corrected chi connectivity index (χ4v) is 2.46. The Balaban J connectivity index is 1.62. The molecule has 0 aliphatic rings. The highest BCUT2D eigenvalue weighted by Gasteiger charge is 2.12. The molecule has 5 nitrogen and oxygen atoms in total. The molecule has 2 aromatic heterocycles. The summed E-state index contributed by atoms with van der Waals surface area (Å²) in [4.78, 5) is 20.7. The molecule has 0 unspecified atom stereocenters. The Hall–Kier alpha value is -2.95. The number of oxazole rings is 1. The summed E-state index contributed by atoms with van der Waals surface area (Å²) in [6.07, 6.45) is 3.88. The molecule has 0 spiro atoms. The predicted octanol–water partition coefficient (Wildman–Crippen LogP) is 3.33. The van der Waals surface area contributed by atoms with Crippen molar-refractivity contribution in [3.63, 3.8) is 0 Å². The van der Waals surface area contributed by atoms with Crippen LogP contribution in [0.5, 0.6) is 0 Å². The molecule has 1 N–H and O–H groups in total. The molecule has 0 saturated heterocycles. The first kappa shape index (κ1) is 15.9. The van der Waals surface area contributed by atoms with E-state index in [4.69, 9.17) is 4.42 Å². The highest BCUT2D eigenvalue weighted by molar-refractivity contribution is 5.95. The highest BCUT2D eigenvalue weighted by atomic mass is 16.4. The van der Waals surface area contributed by atoms with Crippen LogP contribution < -0.4 is 5.32 Å². The van der Waals surface area contributed by atoms with Crippen LogP contribution in [0.25, 0.3) is 11.5 Å². The second-order valence-corrected chi connectivity index (χ2v) is 5.58. The van der Waals surface area contributed by atoms with Gasteiger partial charge in [-0.1, -0.05) is 18.2 Å². The monoisotopic (exact) mass is 321 g/mol. The number of nitrogens with zero attached hydrogens (tertiary/aromatic N) is 2. The molecule has 1 amide bonds. The lowest BCUT2D eigenvalue weighted by Crippen LogP contribution is -2.26. The number of aryl methyl sites for hydroxylation is 2. The van der Waals surface area contributed by atoms with Gasteiger partial charge in [0.2, 0.25) is 5.89 Å². The van der Waals surface area contributed by atoms with Crippen LogP contribution in [0.2, 0.25) is 0 Å². The van der Waals surface area contributed by atoms with Crippen molar-refractivity contribution in [1.29, 1.82) is 0 Å². The second kappa shape index (κ2) is 7.08. The number of benzene rings is 1. The van der Waals surface area contributed by atoms with Crippen LogP contribution in [-0.4, -0.2) is 22.4 Å². The van der Waals surface area contributed by atoms with Crippen molar-refractivity contribution in [3.8, 4) is 11.5 Å². The number of hydrogen-bond donors (Lipinski definition) is 1. The van der Waals surface area contributed by atoms with E-state index in [0.717, 1.165) is 22.6 Å². The molecule has 2 heterocycles. The van der Waals surface area contributed by atoms with Gasteiger partial charge in [0.05, 0.1) is 11.3 Å². The Morgan fingerprint density at radius 2 is 1.96 bits per heavy atom. The third-order valence-corrected chi connectivity index (χ3v) is 3.84. The fourth-order valence-electron chi connectivity index (χ4n) is 2.46. The van der Waals surface area contributed by atoms with Crippen molar-refractivity contribution in [3.05, 3.63) is 71.4 Å². The maximum absolute atomic E-state index is 12.2. The summed E-state index contributed by atoms with van der Waals surface area (Å²) < 4.78 is 5.73. The Bertz CT molecular complexity index is 841. The lowest BCUT2D eigenvalue weighted by atomic mass is 10.1. The van der Waals surface area contributed by atoms with E-state index < -0.39 is 0 Å². The van der Waals surface area contributed by atoms with Gasteiger partial charge in [-0.3, -0.25) is 9.78 Å². The van der Waals surface area contributed by atoms with Gasteiger partial charge in [-0.2, -0.15) is 0 Å². The van der Waals surface area contributed by atoms with Crippen molar-refractivity contribution in [1.82, 2.24) is 15.3 Å². The van der Waals surface area contributed by atoms with Gasteiger partial charge in [-0.25, -0.2) is 4.98 Å². The molecule has 122 valence electrons. The van der Waals surface area contributed by atoms with E-state index in [1.807, 2.05) is 50.2 Å². The van der Waals surface area contributed by atoms with E-state index in [9.17, 15) is 4.79 Å². The Morgan fingerprint density at radius 1 is 1.17 bits per heavy atom. The minimum atomic E-state index is -0.120. The Morgan fingerprint density at radius 3 is 2.71 bits per heavy atom. The fraction of sp³-hybridized carbons (Fsp3) is 0.211. The largest absolute Gasteiger partial charge is 0.441 e. The topological polar surface area (TPSA) is 68.0 Å². The SMILES string of the molecule is Cc1ccncc1C(=O)NCCc1nc(-c2ccccc2)oc1C. The standard InChI is InChI=1S/C19H19N3O2/c1-13-8-10-20-12-16(13)18(23)21-11-9-17-14(2)24-19(22-17)15-6-4-3-5-7-15/h3-8,10,12H,9,11H2,1-2H3,(H,21,23). The molecule has 0 aliphatic heterocycles. The molecular weight excluding hydrogens is 302 g/mol. The molecule has 0 saturated carbocycles. The zero-order valence-corrected chi connectivity index (χ0v) is 13.7. The van der Waals surface area contributed by atoms with Crippen LogP contribution in [-0.2, 0) is 6.42 Å². The molecule has 24 heavy (non-hydrogen) atoms. The Labute approximate surface area is 140 Å². The third-order valence-electron chi connectivity index (χ3n) is 3.84. The molecule has 0 fully saturated rings. The van der Waals surface area contributed by atoms with E-state index in [1.165, 1.54) is 0 Å². The number of carbonyl (C=O) groups excluding carboxylic acids is 1. The summed E-state index contributed by atoms with van der Waals surface area (Å²) >= 11 is 0. The number of carbonyl (C=O) groups is 1. The summed E-state index contributed by atoms with van der Waals surface area (Å²) in [5.41, 5.74) is 3.31. The van der Waals surface area contributed by atoms with Crippen LogP contribution >= 0.6 is 0 Å². The van der Waals surface area contributed by atoms with Gasteiger partial charge in [0.25, 0.3) is 5.91 Å². The maximum atomic E-state index is 12.2. The van der Waals surface area contributed by atoms with Gasteiger partial charge in [-0.05, 0) is 37.6 Å². The minimum Gasteiger partial charge on any atom is -0.441 e. The first-order valence-electron chi connectivity index (χ1n) is 7.85. The van der Waals surface area contributed by atoms with Crippen LogP contribution in [0.3, 0.4) is 0 Å². The van der Waals surface area contributed by atoms with Crippen molar-refractivity contribution in [2.45, 2.75) is 20.3 Å². The average molecular weight is 321 g/mol. The van der Waals surface area contributed by atoms with E-state index >= 15 is 0 Å². The van der Waals surface area contributed by atoms with Crippen molar-refractivity contribution < 1.29 is 9.21 Å². The van der Waals surface area contributed by atoms with Crippen LogP contribution in [0, 0.1) is 13.8 Å². The first-order valence-corrected chi connectivity index (χ1v) is 7.85. The number of pyridine rings is 1. The van der Waals surface area contributed by atoms with Gasteiger partial charge < -0.3 is 9.73 Å². The number of nitrogens with one attached hydrogen (secondary N) is 1. The van der Waals surface area contributed by atoms with Crippen LogP contribution in [0.4, 0.5) is 0 Å². The molecule has 0 radical (unpaired) electrons. The normalized spacial score (nSPS) is 10.6. The van der Waals surface area contributed by atoms with Crippen molar-refractivity contribution in [2.24, 2.45) is 0 Å². The van der Waals surface area contributed by atoms with E-state index in [1.54, 1.807) is 12.4 Å². The van der Waals surface area contributed by atoms with E-state index in [-0.39, 0.29) is 5.91 Å². The number of rotatable bonds is 5. The number of aromatic nitrogens is 2. The third kappa shape index (κ3) is 3.51. The smallest absolute Gasteiger partial charge is 0.253 e. The molecule has 0 aliphatic carbocycles. The quantitative estimate of drug-likeness (QED) is 0.782. The van der Waals surface area contributed by atoms with Crippen molar-refractivity contribution >= 4 is 5.91 Å². The first-order chi connectivity index (χ1) is 11.6. The summed E-state index contributed by atoms with van der Waals surface area (Å²) in [6.45, 7) is 4.28. The maximum Gasteiger partial charge on any atom is 0.253 e. The molecule has 0 atom stereocenters. The van der Waals surface area contributed by atoms with E-state index in [0.29, 0.717) is 24.4 Å². The van der Waals surface area contributed by atoms with Crippen LogP contribution in [0.1, 0.15) is 27.4 Å². The van der Waals surface area contributed by atoms with Gasteiger partial charge in [0, 0.05) is 30.9 Å². The number of amides is 1.